The van der Waals surface area contributed by atoms with Gasteiger partial charge in [-0.25, -0.2) is 0 Å². The molecule has 1 aliphatic carbocycles. The molecule has 2 aromatic carbocycles. The second kappa shape index (κ2) is 5.41. The van der Waals surface area contributed by atoms with E-state index in [9.17, 15) is 0 Å². The Kier molecular flexibility index (Phi) is 3.62. The molecule has 0 saturated carbocycles. The van der Waals surface area contributed by atoms with E-state index < -0.39 is 0 Å². The number of benzene rings is 2. The molecular formula is C19H23N. The maximum Gasteiger partial charge on any atom is 0.0211 e. The molecule has 0 heterocycles. The largest absolute Gasteiger partial charge is 0.312 e. The summed E-state index contributed by atoms with van der Waals surface area (Å²) < 4.78 is 0. The SMILES string of the molecule is Cc1cc(C)c(CNCC2Cc3ccccc32)c(C)c1. The van der Waals surface area contributed by atoms with Crippen LogP contribution in [0.15, 0.2) is 36.4 Å². The molecule has 1 atom stereocenters. The van der Waals surface area contributed by atoms with Gasteiger partial charge in [0.1, 0.15) is 0 Å². The number of nitrogens with one attached hydrogen (secondary N) is 1. The summed E-state index contributed by atoms with van der Waals surface area (Å²) in [4.78, 5) is 0. The lowest BCUT2D eigenvalue weighted by molar-refractivity contribution is 0.534. The lowest BCUT2D eigenvalue weighted by atomic mass is 9.77. The smallest absolute Gasteiger partial charge is 0.0211 e. The molecule has 1 aliphatic rings. The van der Waals surface area contributed by atoms with Crippen LogP contribution in [0.2, 0.25) is 0 Å². The minimum atomic E-state index is 0.706. The maximum atomic E-state index is 3.65. The van der Waals surface area contributed by atoms with Crippen molar-refractivity contribution in [3.8, 4) is 0 Å². The van der Waals surface area contributed by atoms with Crippen LogP contribution in [0.5, 0.6) is 0 Å². The first-order valence-corrected chi connectivity index (χ1v) is 7.50. The van der Waals surface area contributed by atoms with Crippen molar-refractivity contribution in [2.75, 3.05) is 6.54 Å². The van der Waals surface area contributed by atoms with Gasteiger partial charge < -0.3 is 5.32 Å². The summed E-state index contributed by atoms with van der Waals surface area (Å²) in [6.45, 7) is 8.67. The van der Waals surface area contributed by atoms with Gasteiger partial charge in [-0.05, 0) is 55.0 Å². The van der Waals surface area contributed by atoms with E-state index in [2.05, 4.69) is 62.5 Å². The molecule has 0 aromatic heterocycles. The first-order valence-electron chi connectivity index (χ1n) is 7.50. The van der Waals surface area contributed by atoms with Crippen LogP contribution in [0.3, 0.4) is 0 Å². The van der Waals surface area contributed by atoms with Gasteiger partial charge >= 0.3 is 0 Å². The fraction of sp³-hybridized carbons (Fsp3) is 0.368. The van der Waals surface area contributed by atoms with Gasteiger partial charge in [0, 0.05) is 19.0 Å². The first-order chi connectivity index (χ1) is 9.65. The zero-order chi connectivity index (χ0) is 14.1. The summed E-state index contributed by atoms with van der Waals surface area (Å²) in [6.07, 6.45) is 1.23. The third kappa shape index (κ3) is 2.51. The fourth-order valence-corrected chi connectivity index (χ4v) is 3.40. The van der Waals surface area contributed by atoms with E-state index in [0.29, 0.717) is 5.92 Å². The van der Waals surface area contributed by atoms with Crippen molar-refractivity contribution in [1.82, 2.24) is 5.32 Å². The molecule has 1 heteroatoms. The van der Waals surface area contributed by atoms with Gasteiger partial charge in [-0.1, -0.05) is 42.0 Å². The molecule has 3 rings (SSSR count). The molecule has 2 aromatic rings. The minimum Gasteiger partial charge on any atom is -0.312 e. The number of fused-ring (bicyclic) bond motifs is 1. The van der Waals surface area contributed by atoms with Crippen LogP contribution in [0.1, 0.15) is 39.3 Å². The highest BCUT2D eigenvalue weighted by atomic mass is 14.9. The lowest BCUT2D eigenvalue weighted by Crippen LogP contribution is -2.29. The van der Waals surface area contributed by atoms with Crippen LogP contribution in [0, 0.1) is 20.8 Å². The Morgan fingerprint density at radius 1 is 1.05 bits per heavy atom. The Morgan fingerprint density at radius 3 is 2.45 bits per heavy atom. The second-order valence-electron chi connectivity index (χ2n) is 6.11. The van der Waals surface area contributed by atoms with Gasteiger partial charge in [-0.3, -0.25) is 0 Å². The molecule has 0 fully saturated rings. The van der Waals surface area contributed by atoms with Gasteiger partial charge in [0.25, 0.3) is 0 Å². The quantitative estimate of drug-likeness (QED) is 0.879. The molecule has 0 spiro atoms. The summed E-state index contributed by atoms with van der Waals surface area (Å²) >= 11 is 0. The molecule has 0 radical (unpaired) electrons. The molecule has 0 amide bonds. The molecule has 0 bridgehead atoms. The van der Waals surface area contributed by atoms with Crippen molar-refractivity contribution in [3.63, 3.8) is 0 Å². The highest BCUT2D eigenvalue weighted by molar-refractivity contribution is 5.40. The molecular weight excluding hydrogens is 242 g/mol. The molecule has 20 heavy (non-hydrogen) atoms. The third-order valence-corrected chi connectivity index (χ3v) is 4.49. The van der Waals surface area contributed by atoms with Crippen molar-refractivity contribution in [3.05, 3.63) is 69.8 Å². The van der Waals surface area contributed by atoms with E-state index in [4.69, 9.17) is 0 Å². The summed E-state index contributed by atoms with van der Waals surface area (Å²) in [5, 5.41) is 3.65. The minimum absolute atomic E-state index is 0.706. The van der Waals surface area contributed by atoms with Gasteiger partial charge in [0.2, 0.25) is 0 Å². The Bertz CT molecular complexity index is 604. The highest BCUT2D eigenvalue weighted by Crippen LogP contribution is 2.34. The second-order valence-corrected chi connectivity index (χ2v) is 6.11. The van der Waals surface area contributed by atoms with E-state index in [1.165, 1.54) is 39.8 Å². The number of rotatable bonds is 4. The average Bonchev–Trinajstić information content (AvgIpc) is 2.37. The molecule has 1 N–H and O–H groups in total. The first kappa shape index (κ1) is 13.4. The zero-order valence-corrected chi connectivity index (χ0v) is 12.7. The summed E-state index contributed by atoms with van der Waals surface area (Å²) in [6, 6.07) is 13.4. The monoisotopic (exact) mass is 265 g/mol. The van der Waals surface area contributed by atoms with E-state index in [-0.39, 0.29) is 0 Å². The van der Waals surface area contributed by atoms with Crippen molar-refractivity contribution in [2.45, 2.75) is 39.7 Å². The summed E-state index contributed by atoms with van der Waals surface area (Å²) in [5.74, 6) is 0.706. The summed E-state index contributed by atoms with van der Waals surface area (Å²) in [7, 11) is 0. The van der Waals surface area contributed by atoms with Gasteiger partial charge in [-0.15, -0.1) is 0 Å². The van der Waals surface area contributed by atoms with E-state index in [1.54, 1.807) is 0 Å². The maximum absolute atomic E-state index is 3.65. The zero-order valence-electron chi connectivity index (χ0n) is 12.7. The van der Waals surface area contributed by atoms with Crippen LogP contribution in [0.25, 0.3) is 0 Å². The third-order valence-electron chi connectivity index (χ3n) is 4.49. The van der Waals surface area contributed by atoms with E-state index in [0.717, 1.165) is 13.1 Å². The Hall–Kier alpha value is -1.60. The standard InChI is InChI=1S/C19H23N/c1-13-8-14(2)19(15(3)9-13)12-20-11-17-10-16-6-4-5-7-18(16)17/h4-9,17,20H,10-12H2,1-3H3. The van der Waals surface area contributed by atoms with Crippen molar-refractivity contribution in [2.24, 2.45) is 0 Å². The van der Waals surface area contributed by atoms with Crippen molar-refractivity contribution >= 4 is 0 Å². The molecule has 1 nitrogen and oxygen atoms in total. The topological polar surface area (TPSA) is 12.0 Å². The molecule has 0 aliphatic heterocycles. The van der Waals surface area contributed by atoms with Crippen LogP contribution in [-0.2, 0) is 13.0 Å². The van der Waals surface area contributed by atoms with Gasteiger partial charge in [0.05, 0.1) is 0 Å². The molecule has 1 unspecified atom stereocenters. The number of hydrogen-bond acceptors (Lipinski definition) is 1. The number of aryl methyl sites for hydroxylation is 3. The Morgan fingerprint density at radius 2 is 1.75 bits per heavy atom. The lowest BCUT2D eigenvalue weighted by Gasteiger charge is -2.30. The number of hydrogen-bond donors (Lipinski definition) is 1. The average molecular weight is 265 g/mol. The Balaban J connectivity index is 1.60. The van der Waals surface area contributed by atoms with Crippen LogP contribution >= 0.6 is 0 Å². The Labute approximate surface area is 122 Å². The van der Waals surface area contributed by atoms with Gasteiger partial charge in [0.15, 0.2) is 0 Å². The van der Waals surface area contributed by atoms with Crippen LogP contribution in [0.4, 0.5) is 0 Å². The normalized spacial score (nSPS) is 16.6. The summed E-state index contributed by atoms with van der Waals surface area (Å²) in [5.41, 5.74) is 8.70. The molecule has 104 valence electrons. The highest BCUT2D eigenvalue weighted by Gasteiger charge is 2.24. The van der Waals surface area contributed by atoms with Crippen molar-refractivity contribution < 1.29 is 0 Å². The van der Waals surface area contributed by atoms with Crippen LogP contribution < -0.4 is 5.32 Å². The van der Waals surface area contributed by atoms with Crippen molar-refractivity contribution in [1.29, 1.82) is 0 Å². The van der Waals surface area contributed by atoms with Crippen LogP contribution in [-0.4, -0.2) is 6.54 Å². The fourth-order valence-electron chi connectivity index (χ4n) is 3.40. The van der Waals surface area contributed by atoms with E-state index in [1.807, 2.05) is 0 Å². The predicted octanol–water partition coefficient (Wildman–Crippen LogP) is 4.04. The van der Waals surface area contributed by atoms with Gasteiger partial charge in [-0.2, -0.15) is 0 Å². The molecule has 0 saturated heterocycles. The predicted molar refractivity (Wildman–Crippen MR) is 85.2 cm³/mol. The van der Waals surface area contributed by atoms with E-state index >= 15 is 0 Å².